The first-order valence-corrected chi connectivity index (χ1v) is 17.0. The Kier molecular flexibility index (Phi) is 8.71. The van der Waals surface area contributed by atoms with Crippen LogP contribution in [0, 0.1) is 0 Å². The first-order valence-electron chi connectivity index (χ1n) is 13.3. The summed E-state index contributed by atoms with van der Waals surface area (Å²) < 4.78 is 15.7. The summed E-state index contributed by atoms with van der Waals surface area (Å²) in [6.45, 7) is 12.8. The average Bonchev–Trinajstić information content (AvgIpc) is 3.26. The molecule has 0 bridgehead atoms. The molecular formula is C29H40BrN3O4Si. The summed E-state index contributed by atoms with van der Waals surface area (Å²) in [5.41, 5.74) is 2.14. The van der Waals surface area contributed by atoms with E-state index in [1.54, 1.807) is 11.2 Å². The van der Waals surface area contributed by atoms with E-state index in [4.69, 9.17) is 9.16 Å². The maximum Gasteiger partial charge on any atom is 0.410 e. The number of amides is 1. The number of likely N-dealkylation sites (tertiary alicyclic amines) is 1. The van der Waals surface area contributed by atoms with E-state index in [1.165, 1.54) is 0 Å². The largest absolute Gasteiger partial charge is 0.445 e. The predicted octanol–water partition coefficient (Wildman–Crippen LogP) is 6.74. The van der Waals surface area contributed by atoms with E-state index in [-0.39, 0.29) is 17.7 Å². The number of aliphatic hydroxyl groups excluding tert-OH is 1. The molecule has 9 heteroatoms. The molecule has 0 radical (unpaired) electrons. The molecule has 0 aliphatic carbocycles. The summed E-state index contributed by atoms with van der Waals surface area (Å²) in [4.78, 5) is 19.4. The minimum Gasteiger partial charge on any atom is -0.445 e. The van der Waals surface area contributed by atoms with Gasteiger partial charge in [0, 0.05) is 17.4 Å². The van der Waals surface area contributed by atoms with Crippen LogP contribution in [-0.2, 0) is 22.3 Å². The third kappa shape index (κ3) is 6.68. The topological polar surface area (TPSA) is 76.8 Å². The third-order valence-corrected chi connectivity index (χ3v) is 13.1. The number of carbonyl (C=O) groups is 1. The highest BCUT2D eigenvalue weighted by Gasteiger charge is 2.48. The van der Waals surface area contributed by atoms with Gasteiger partial charge in [-0.25, -0.2) is 9.78 Å². The zero-order valence-electron chi connectivity index (χ0n) is 23.1. The number of benzene rings is 2. The third-order valence-electron chi connectivity index (χ3n) is 7.90. The first kappa shape index (κ1) is 28.8. The van der Waals surface area contributed by atoms with Crippen molar-refractivity contribution in [1.82, 2.24) is 14.5 Å². The van der Waals surface area contributed by atoms with Gasteiger partial charge >= 0.3 is 6.09 Å². The van der Waals surface area contributed by atoms with E-state index >= 15 is 0 Å². The number of rotatable bonds is 8. The molecule has 0 saturated carbocycles. The molecule has 1 amide bonds. The number of carbonyl (C=O) groups excluding carboxylic acids is 1. The molecule has 206 valence electrons. The molecule has 1 saturated heterocycles. The van der Waals surface area contributed by atoms with Gasteiger partial charge in [0.15, 0.2) is 8.32 Å². The van der Waals surface area contributed by atoms with Gasteiger partial charge in [-0.1, -0.05) is 57.2 Å². The van der Waals surface area contributed by atoms with Crippen molar-refractivity contribution in [1.29, 1.82) is 0 Å². The van der Waals surface area contributed by atoms with Gasteiger partial charge in [0.25, 0.3) is 0 Å². The van der Waals surface area contributed by atoms with Gasteiger partial charge in [-0.3, -0.25) is 0 Å². The minimum atomic E-state index is -2.21. The van der Waals surface area contributed by atoms with Crippen LogP contribution in [0.5, 0.6) is 0 Å². The average molecular weight is 603 g/mol. The molecule has 38 heavy (non-hydrogen) atoms. The van der Waals surface area contributed by atoms with Crippen LogP contribution in [0.4, 0.5) is 4.79 Å². The van der Waals surface area contributed by atoms with Crippen molar-refractivity contribution in [3.63, 3.8) is 0 Å². The molecule has 1 N–H and O–H groups in total. The van der Waals surface area contributed by atoms with Gasteiger partial charge in [-0.05, 0) is 64.6 Å². The highest BCUT2D eigenvalue weighted by Crippen LogP contribution is 2.43. The molecule has 3 aromatic rings. The van der Waals surface area contributed by atoms with Crippen molar-refractivity contribution in [2.75, 3.05) is 13.1 Å². The lowest BCUT2D eigenvalue weighted by molar-refractivity contribution is -0.0526. The summed E-state index contributed by atoms with van der Waals surface area (Å²) in [7, 11) is -2.21. The van der Waals surface area contributed by atoms with E-state index in [1.807, 2.05) is 53.1 Å². The number of aromatic nitrogens is 2. The molecule has 2 heterocycles. The number of ether oxygens (including phenoxy) is 1. The number of fused-ring (bicyclic) bond motifs is 1. The van der Waals surface area contributed by atoms with Crippen LogP contribution >= 0.6 is 15.9 Å². The monoisotopic (exact) mass is 601 g/mol. The zero-order chi connectivity index (χ0) is 27.6. The Hall–Kier alpha value is -2.20. The molecule has 1 aliphatic rings. The number of nitrogens with zero attached hydrogens (tertiary/aromatic N) is 3. The van der Waals surface area contributed by atoms with Crippen LogP contribution in [-0.4, -0.2) is 58.8 Å². The van der Waals surface area contributed by atoms with Crippen molar-refractivity contribution in [3.8, 4) is 0 Å². The van der Waals surface area contributed by atoms with E-state index in [9.17, 15) is 9.90 Å². The molecule has 1 fully saturated rings. The van der Waals surface area contributed by atoms with Crippen LogP contribution in [0.2, 0.25) is 18.1 Å². The molecule has 2 unspecified atom stereocenters. The standard InChI is InChI=1S/C29H40BrN3O4Si/c1-28(2,3)38(4,5)37-29(17-23(34)18-33-21-31-26-24(30)13-9-14-25(26)33)15-10-16-32(20-29)27(35)36-19-22-11-7-6-8-12-22/h6-9,11-14,21,23,34H,10,15-20H2,1-5H3. The summed E-state index contributed by atoms with van der Waals surface area (Å²) in [6.07, 6.45) is 2.77. The number of para-hydroxylation sites is 1. The SMILES string of the molecule is CC(C)(C)[Si](C)(C)OC1(CC(O)Cn2cnc3c(Br)cccc32)CCCN(C(=O)OCc2ccccc2)C1. The van der Waals surface area contributed by atoms with Crippen LogP contribution in [0.1, 0.15) is 45.6 Å². The number of hydrogen-bond acceptors (Lipinski definition) is 5. The minimum absolute atomic E-state index is 0.00608. The van der Waals surface area contributed by atoms with Gasteiger partial charge in [0.05, 0.1) is 36.6 Å². The summed E-state index contributed by atoms with van der Waals surface area (Å²) in [5, 5.41) is 11.4. The number of imidazole rings is 1. The Balaban J connectivity index is 1.53. The van der Waals surface area contributed by atoms with Crippen molar-refractivity contribution < 1.29 is 19.1 Å². The number of halogens is 1. The fraction of sp³-hybridized carbons (Fsp3) is 0.517. The van der Waals surface area contributed by atoms with E-state index in [2.05, 4.69) is 54.8 Å². The second-order valence-corrected chi connectivity index (χ2v) is 17.6. The summed E-state index contributed by atoms with van der Waals surface area (Å²) in [5.74, 6) is 0. The zero-order valence-corrected chi connectivity index (χ0v) is 25.7. The normalized spacial score (nSPS) is 19.5. The van der Waals surface area contributed by atoms with Gasteiger partial charge < -0.3 is 23.7 Å². The van der Waals surface area contributed by atoms with E-state index < -0.39 is 20.0 Å². The van der Waals surface area contributed by atoms with Crippen molar-refractivity contribution in [3.05, 3.63) is 64.9 Å². The molecular weight excluding hydrogens is 562 g/mol. The van der Waals surface area contributed by atoms with E-state index in [0.29, 0.717) is 26.1 Å². The maximum absolute atomic E-state index is 13.1. The Labute approximate surface area is 235 Å². The second-order valence-electron chi connectivity index (χ2n) is 12.0. The highest BCUT2D eigenvalue weighted by molar-refractivity contribution is 9.10. The van der Waals surface area contributed by atoms with Gasteiger partial charge in [0.2, 0.25) is 0 Å². The van der Waals surface area contributed by atoms with Gasteiger partial charge in [-0.15, -0.1) is 0 Å². The highest BCUT2D eigenvalue weighted by atomic mass is 79.9. The molecule has 0 spiro atoms. The smallest absolute Gasteiger partial charge is 0.410 e. The number of piperidine rings is 1. The van der Waals surface area contributed by atoms with Crippen molar-refractivity contribution in [2.45, 2.75) is 83.0 Å². The van der Waals surface area contributed by atoms with Crippen molar-refractivity contribution in [2.24, 2.45) is 0 Å². The second kappa shape index (κ2) is 11.5. The Bertz CT molecular complexity index is 1240. The lowest BCUT2D eigenvalue weighted by atomic mass is 9.87. The van der Waals surface area contributed by atoms with Crippen LogP contribution in [0.25, 0.3) is 11.0 Å². The Morgan fingerprint density at radius 1 is 1.18 bits per heavy atom. The quantitative estimate of drug-likeness (QED) is 0.289. The lowest BCUT2D eigenvalue weighted by Gasteiger charge is -2.50. The van der Waals surface area contributed by atoms with Gasteiger partial charge in [0.1, 0.15) is 12.1 Å². The van der Waals surface area contributed by atoms with E-state index in [0.717, 1.165) is 33.9 Å². The fourth-order valence-corrected chi connectivity index (χ4v) is 7.07. The van der Waals surface area contributed by atoms with Crippen molar-refractivity contribution >= 4 is 41.4 Å². The number of hydrogen-bond donors (Lipinski definition) is 1. The number of aliphatic hydroxyl groups is 1. The van der Waals surface area contributed by atoms with Gasteiger partial charge in [-0.2, -0.15) is 0 Å². The predicted molar refractivity (Wildman–Crippen MR) is 157 cm³/mol. The Morgan fingerprint density at radius 2 is 1.92 bits per heavy atom. The fourth-order valence-electron chi connectivity index (χ4n) is 4.97. The molecule has 4 rings (SSSR count). The molecule has 2 aromatic carbocycles. The summed E-state index contributed by atoms with van der Waals surface area (Å²) >= 11 is 3.56. The Morgan fingerprint density at radius 3 is 2.63 bits per heavy atom. The molecule has 1 aliphatic heterocycles. The molecule has 7 nitrogen and oxygen atoms in total. The summed E-state index contributed by atoms with van der Waals surface area (Å²) in [6, 6.07) is 15.7. The van der Waals surface area contributed by atoms with Crippen LogP contribution in [0.3, 0.4) is 0 Å². The molecule has 2 atom stereocenters. The maximum atomic E-state index is 13.1. The molecule has 1 aromatic heterocycles. The lowest BCUT2D eigenvalue weighted by Crippen LogP contribution is -2.59. The van der Waals surface area contributed by atoms with Crippen LogP contribution < -0.4 is 0 Å². The van der Waals surface area contributed by atoms with Crippen LogP contribution in [0.15, 0.2) is 59.3 Å². The first-order chi connectivity index (χ1) is 17.9.